The van der Waals surface area contributed by atoms with E-state index in [0.29, 0.717) is 0 Å². The molecule has 2 heterocycles. The number of carboxylic acids is 2. The van der Waals surface area contributed by atoms with Crippen molar-refractivity contribution in [3.05, 3.63) is 12.2 Å². The second-order valence-electron chi connectivity index (χ2n) is 8.42. The second-order valence-corrected chi connectivity index (χ2v) is 8.42. The Morgan fingerprint density at radius 2 is 1.39 bits per heavy atom. The van der Waals surface area contributed by atoms with E-state index in [9.17, 15) is 45.0 Å². The number of ether oxygens (including phenoxy) is 6. The third-order valence-electron chi connectivity index (χ3n) is 5.55. The SMILES string of the molecule is C=C(C)C(=O)OCC(O)COC1[C@H](OO[C@@H]2C(C(=O)O)O[C@@H](OC)C(O)[C@H]2O)OC(C(=O)O)[C@@H](OC)[C@@H]1O. The number of aliphatic hydroxyl groups is 4. The maximum atomic E-state index is 11.7. The van der Waals surface area contributed by atoms with E-state index in [1.165, 1.54) is 6.92 Å². The average molecular weight is 556 g/mol. The summed E-state index contributed by atoms with van der Waals surface area (Å²) in [6, 6.07) is 0. The van der Waals surface area contributed by atoms with Gasteiger partial charge in [-0.25, -0.2) is 24.2 Å². The number of aliphatic carboxylic acids is 2. The molecule has 0 amide bonds. The number of carbonyl (C=O) groups is 3. The Morgan fingerprint density at radius 1 is 0.816 bits per heavy atom. The molecular formula is C21H32O17. The van der Waals surface area contributed by atoms with Gasteiger partial charge in [-0.15, -0.1) is 0 Å². The summed E-state index contributed by atoms with van der Waals surface area (Å²) in [7, 11) is 2.19. The van der Waals surface area contributed by atoms with Crippen molar-refractivity contribution in [2.45, 2.75) is 74.4 Å². The first-order valence-corrected chi connectivity index (χ1v) is 11.1. The van der Waals surface area contributed by atoms with Gasteiger partial charge in [0.25, 0.3) is 0 Å². The van der Waals surface area contributed by atoms with Crippen molar-refractivity contribution < 1.29 is 83.2 Å². The number of hydrogen-bond donors (Lipinski definition) is 6. The first-order chi connectivity index (χ1) is 17.8. The Kier molecular flexibility index (Phi) is 11.9. The second kappa shape index (κ2) is 14.2. The van der Waals surface area contributed by atoms with Gasteiger partial charge in [0.05, 0.1) is 6.61 Å². The summed E-state index contributed by atoms with van der Waals surface area (Å²) >= 11 is 0. The highest BCUT2D eigenvalue weighted by Crippen LogP contribution is 2.30. The number of carbonyl (C=O) groups excluding carboxylic acids is 1. The molecule has 0 aromatic carbocycles. The van der Waals surface area contributed by atoms with E-state index in [1.54, 1.807) is 0 Å². The Labute approximate surface area is 215 Å². The van der Waals surface area contributed by atoms with Gasteiger partial charge in [0.2, 0.25) is 6.29 Å². The lowest BCUT2D eigenvalue weighted by Gasteiger charge is -2.43. The fraction of sp³-hybridized carbons (Fsp3) is 0.762. The normalized spacial score (nSPS) is 36.3. The van der Waals surface area contributed by atoms with Crippen LogP contribution in [0.3, 0.4) is 0 Å². The first-order valence-electron chi connectivity index (χ1n) is 11.1. The Bertz CT molecular complexity index is 835. The van der Waals surface area contributed by atoms with Gasteiger partial charge < -0.3 is 59.1 Å². The zero-order valence-corrected chi connectivity index (χ0v) is 20.6. The maximum absolute atomic E-state index is 11.7. The molecule has 17 nitrogen and oxygen atoms in total. The Morgan fingerprint density at radius 3 is 1.92 bits per heavy atom. The third kappa shape index (κ3) is 7.64. The van der Waals surface area contributed by atoms with Crippen molar-refractivity contribution in [2.75, 3.05) is 27.4 Å². The van der Waals surface area contributed by atoms with Gasteiger partial charge in [-0.3, -0.25) is 0 Å². The molecule has 0 saturated carbocycles. The van der Waals surface area contributed by atoms with E-state index < -0.39 is 98.6 Å². The molecule has 17 heteroatoms. The summed E-state index contributed by atoms with van der Waals surface area (Å²) in [6.45, 7) is 3.67. The number of hydrogen-bond acceptors (Lipinski definition) is 15. The van der Waals surface area contributed by atoms with E-state index in [0.717, 1.165) is 14.2 Å². The number of aliphatic hydroxyl groups excluding tert-OH is 4. The van der Waals surface area contributed by atoms with Crippen LogP contribution in [0.4, 0.5) is 0 Å². The lowest BCUT2D eigenvalue weighted by Crippen LogP contribution is -2.64. The van der Waals surface area contributed by atoms with E-state index in [-0.39, 0.29) is 5.57 Å². The molecule has 0 bridgehead atoms. The fourth-order valence-electron chi connectivity index (χ4n) is 3.56. The van der Waals surface area contributed by atoms with Crippen LogP contribution < -0.4 is 0 Å². The van der Waals surface area contributed by atoms with Crippen LogP contribution in [0.5, 0.6) is 0 Å². The van der Waals surface area contributed by atoms with Gasteiger partial charge in [-0.05, 0) is 6.92 Å². The quantitative estimate of drug-likeness (QED) is 0.0558. The minimum absolute atomic E-state index is 0.0814. The highest BCUT2D eigenvalue weighted by Gasteiger charge is 2.53. The van der Waals surface area contributed by atoms with Crippen LogP contribution in [0.15, 0.2) is 12.2 Å². The molecule has 2 saturated heterocycles. The van der Waals surface area contributed by atoms with E-state index >= 15 is 0 Å². The molecule has 6 N–H and O–H groups in total. The van der Waals surface area contributed by atoms with Crippen LogP contribution >= 0.6 is 0 Å². The molecule has 218 valence electrons. The predicted molar refractivity (Wildman–Crippen MR) is 116 cm³/mol. The number of rotatable bonds is 13. The average Bonchev–Trinajstić information content (AvgIpc) is 2.86. The monoisotopic (exact) mass is 556 g/mol. The zero-order valence-electron chi connectivity index (χ0n) is 20.6. The predicted octanol–water partition coefficient (Wildman–Crippen LogP) is -3.47. The molecule has 0 spiro atoms. The van der Waals surface area contributed by atoms with Crippen LogP contribution in [0.1, 0.15) is 6.92 Å². The van der Waals surface area contributed by atoms with Gasteiger partial charge in [-0.1, -0.05) is 6.58 Å². The van der Waals surface area contributed by atoms with E-state index in [1.807, 2.05) is 0 Å². The Hall–Kier alpha value is -2.29. The summed E-state index contributed by atoms with van der Waals surface area (Å²) < 4.78 is 30.4. The topological polar surface area (TPSA) is 246 Å². The number of carboxylic acid groups (broad SMARTS) is 2. The molecule has 2 fully saturated rings. The summed E-state index contributed by atoms with van der Waals surface area (Å²) in [4.78, 5) is 44.8. The van der Waals surface area contributed by atoms with Crippen LogP contribution in [-0.4, -0.2) is 143 Å². The first kappa shape index (κ1) is 31.9. The molecule has 2 rings (SSSR count). The Balaban J connectivity index is 2.18. The lowest BCUT2D eigenvalue weighted by molar-refractivity contribution is -0.461. The summed E-state index contributed by atoms with van der Waals surface area (Å²) in [6.07, 6.45) is -19.0. The van der Waals surface area contributed by atoms with Crippen molar-refractivity contribution in [1.82, 2.24) is 0 Å². The molecule has 2 aliphatic rings. The maximum Gasteiger partial charge on any atom is 0.335 e. The smallest absolute Gasteiger partial charge is 0.335 e. The molecule has 11 atom stereocenters. The molecular weight excluding hydrogens is 524 g/mol. The standard InChI is InChI=1S/C21H32O17/c1-7(2)19(30)34-6-8(22)5-33-14-11(25)12(31-3)15(17(26)27)36-21(14)38-37-13-9(23)10(24)20(32-4)35-16(13)18(28)29/h8-16,20-25H,1,5-6H2,2-4H3,(H,26,27)(H,28,29)/t8?,9-,10?,11+,12+,13+,14?,15?,16?,20-,21+/m1/s1. The van der Waals surface area contributed by atoms with E-state index in [2.05, 4.69) is 6.58 Å². The van der Waals surface area contributed by atoms with Gasteiger partial charge in [0.15, 0.2) is 24.6 Å². The molecule has 5 unspecified atom stereocenters. The van der Waals surface area contributed by atoms with E-state index in [4.69, 9.17) is 38.2 Å². The van der Waals surface area contributed by atoms with Crippen LogP contribution in [0.25, 0.3) is 0 Å². The van der Waals surface area contributed by atoms with Crippen LogP contribution in [-0.2, 0) is 52.6 Å². The van der Waals surface area contributed by atoms with Gasteiger partial charge in [-0.2, -0.15) is 0 Å². The van der Waals surface area contributed by atoms with Crippen LogP contribution in [0, 0.1) is 0 Å². The van der Waals surface area contributed by atoms with Crippen LogP contribution in [0.2, 0.25) is 0 Å². The number of methoxy groups -OCH3 is 2. The summed E-state index contributed by atoms with van der Waals surface area (Å²) in [5, 5.41) is 60.2. The highest BCUT2D eigenvalue weighted by molar-refractivity contribution is 5.86. The van der Waals surface area contributed by atoms with Crippen molar-refractivity contribution in [3.63, 3.8) is 0 Å². The minimum Gasteiger partial charge on any atom is -0.479 e. The van der Waals surface area contributed by atoms with Gasteiger partial charge in [0, 0.05) is 19.8 Å². The summed E-state index contributed by atoms with van der Waals surface area (Å²) in [5.41, 5.74) is 0.0814. The number of esters is 1. The molecule has 0 radical (unpaired) electrons. The molecule has 0 aromatic heterocycles. The fourth-order valence-corrected chi connectivity index (χ4v) is 3.56. The van der Waals surface area contributed by atoms with Gasteiger partial charge >= 0.3 is 17.9 Å². The molecule has 38 heavy (non-hydrogen) atoms. The third-order valence-corrected chi connectivity index (χ3v) is 5.55. The van der Waals surface area contributed by atoms with Crippen molar-refractivity contribution in [2.24, 2.45) is 0 Å². The highest BCUT2D eigenvalue weighted by atomic mass is 17.2. The van der Waals surface area contributed by atoms with Crippen molar-refractivity contribution >= 4 is 17.9 Å². The minimum atomic E-state index is -1.92. The largest absolute Gasteiger partial charge is 0.479 e. The lowest BCUT2D eigenvalue weighted by atomic mass is 9.98. The van der Waals surface area contributed by atoms with Crippen molar-refractivity contribution in [3.8, 4) is 0 Å². The molecule has 0 aliphatic carbocycles. The summed E-state index contributed by atoms with van der Waals surface area (Å²) in [5.74, 6) is -3.97. The molecule has 0 aromatic rings. The van der Waals surface area contributed by atoms with Gasteiger partial charge in [0.1, 0.15) is 43.2 Å². The zero-order chi connectivity index (χ0) is 28.7. The van der Waals surface area contributed by atoms with Crippen molar-refractivity contribution in [1.29, 1.82) is 0 Å². The molecule has 2 aliphatic heterocycles.